The summed E-state index contributed by atoms with van der Waals surface area (Å²) in [6.45, 7) is 0.814. The Bertz CT molecular complexity index is 233. The molecule has 16 heavy (non-hydrogen) atoms. The van der Waals surface area contributed by atoms with Crippen LogP contribution in [0.25, 0.3) is 0 Å². The summed E-state index contributed by atoms with van der Waals surface area (Å²) < 4.78 is 5.25. The van der Waals surface area contributed by atoms with Gasteiger partial charge in [-0.25, -0.2) is 0 Å². The minimum Gasteiger partial charge on any atom is -0.394 e. The van der Waals surface area contributed by atoms with Gasteiger partial charge in [0, 0.05) is 6.61 Å². The second-order valence-corrected chi connectivity index (χ2v) is 4.21. The monoisotopic (exact) mass is 233 g/mol. The Labute approximate surface area is 94.2 Å². The summed E-state index contributed by atoms with van der Waals surface area (Å²) >= 11 is 0. The Morgan fingerprint density at radius 3 is 2.31 bits per heavy atom. The average Bonchev–Trinajstić information content (AvgIpc) is 2.72. The number of hydrogen-bond donors (Lipinski definition) is 4. The summed E-state index contributed by atoms with van der Waals surface area (Å²) in [5, 5.41) is 29.7. The number of rotatable bonds is 5. The Balaban J connectivity index is 2.61. The van der Waals surface area contributed by atoms with Crippen molar-refractivity contribution in [3.8, 4) is 0 Å². The van der Waals surface area contributed by atoms with Gasteiger partial charge in [-0.15, -0.1) is 0 Å². The molecule has 2 atom stereocenters. The van der Waals surface area contributed by atoms with Gasteiger partial charge in [-0.3, -0.25) is 4.79 Å². The molecule has 0 aromatic heterocycles. The van der Waals surface area contributed by atoms with Crippen molar-refractivity contribution in [1.82, 2.24) is 5.32 Å². The van der Waals surface area contributed by atoms with Gasteiger partial charge in [-0.2, -0.15) is 0 Å². The standard InChI is InChI=1S/C10H19NO5/c1-7-8(2-3-16-7)9(15)11-10(4-12,5-13)6-14/h7-8,12-14H,2-6H2,1H3,(H,11,15). The normalized spacial score (nSPS) is 25.8. The number of ether oxygens (including phenoxy) is 1. The first-order valence-corrected chi connectivity index (χ1v) is 5.35. The average molecular weight is 233 g/mol. The zero-order chi connectivity index (χ0) is 12.2. The molecule has 1 heterocycles. The van der Waals surface area contributed by atoms with E-state index in [1.165, 1.54) is 0 Å². The molecule has 6 heteroatoms. The fraction of sp³-hybridized carbons (Fsp3) is 0.900. The molecule has 0 saturated carbocycles. The predicted molar refractivity (Wildman–Crippen MR) is 55.7 cm³/mol. The minimum atomic E-state index is -1.35. The summed E-state index contributed by atoms with van der Waals surface area (Å²) in [6, 6.07) is 0. The van der Waals surface area contributed by atoms with Crippen molar-refractivity contribution in [3.63, 3.8) is 0 Å². The van der Waals surface area contributed by atoms with Gasteiger partial charge in [0.25, 0.3) is 0 Å². The lowest BCUT2D eigenvalue weighted by Gasteiger charge is -2.30. The second-order valence-electron chi connectivity index (χ2n) is 4.21. The molecule has 6 nitrogen and oxygen atoms in total. The van der Waals surface area contributed by atoms with E-state index in [1.807, 2.05) is 0 Å². The van der Waals surface area contributed by atoms with Gasteiger partial charge >= 0.3 is 0 Å². The van der Waals surface area contributed by atoms with Crippen LogP contribution in [-0.4, -0.2) is 59.3 Å². The molecule has 0 radical (unpaired) electrons. The first-order chi connectivity index (χ1) is 7.58. The lowest BCUT2D eigenvalue weighted by Crippen LogP contribution is -2.58. The molecular weight excluding hydrogens is 214 g/mol. The molecule has 1 fully saturated rings. The quantitative estimate of drug-likeness (QED) is 0.451. The van der Waals surface area contributed by atoms with Crippen LogP contribution < -0.4 is 5.32 Å². The highest BCUT2D eigenvalue weighted by Gasteiger charge is 2.36. The molecule has 1 saturated heterocycles. The molecule has 4 N–H and O–H groups in total. The fourth-order valence-corrected chi connectivity index (χ4v) is 1.70. The molecule has 0 bridgehead atoms. The maximum atomic E-state index is 11.8. The molecular formula is C10H19NO5. The highest BCUT2D eigenvalue weighted by atomic mass is 16.5. The lowest BCUT2D eigenvalue weighted by atomic mass is 9.97. The Kier molecular flexibility index (Phi) is 4.67. The Morgan fingerprint density at radius 1 is 1.38 bits per heavy atom. The van der Waals surface area contributed by atoms with Crippen molar-refractivity contribution in [3.05, 3.63) is 0 Å². The Hall–Kier alpha value is -0.690. The fourth-order valence-electron chi connectivity index (χ4n) is 1.70. The number of aliphatic hydroxyl groups excluding tert-OH is 3. The van der Waals surface area contributed by atoms with E-state index >= 15 is 0 Å². The summed E-state index contributed by atoms with van der Waals surface area (Å²) in [5.41, 5.74) is -1.35. The molecule has 0 aromatic carbocycles. The third-order valence-electron chi connectivity index (χ3n) is 3.01. The van der Waals surface area contributed by atoms with E-state index in [0.29, 0.717) is 13.0 Å². The number of carbonyl (C=O) groups is 1. The second kappa shape index (κ2) is 5.58. The zero-order valence-electron chi connectivity index (χ0n) is 9.35. The van der Waals surface area contributed by atoms with E-state index in [9.17, 15) is 4.79 Å². The number of aliphatic hydroxyl groups is 3. The molecule has 1 amide bonds. The van der Waals surface area contributed by atoms with Crippen molar-refractivity contribution in [2.24, 2.45) is 5.92 Å². The van der Waals surface area contributed by atoms with Gasteiger partial charge in [0.1, 0.15) is 5.54 Å². The van der Waals surface area contributed by atoms with Crippen molar-refractivity contribution in [2.75, 3.05) is 26.4 Å². The number of nitrogens with one attached hydrogen (secondary N) is 1. The minimum absolute atomic E-state index is 0.172. The van der Waals surface area contributed by atoms with E-state index in [4.69, 9.17) is 20.1 Å². The third-order valence-corrected chi connectivity index (χ3v) is 3.01. The van der Waals surface area contributed by atoms with Gasteiger partial charge in [0.05, 0.1) is 31.8 Å². The van der Waals surface area contributed by atoms with Crippen LogP contribution in [0.15, 0.2) is 0 Å². The van der Waals surface area contributed by atoms with Crippen LogP contribution in [0.3, 0.4) is 0 Å². The Morgan fingerprint density at radius 2 is 1.94 bits per heavy atom. The van der Waals surface area contributed by atoms with Gasteiger partial charge in [0.15, 0.2) is 0 Å². The van der Waals surface area contributed by atoms with Crippen molar-refractivity contribution in [1.29, 1.82) is 0 Å². The first-order valence-electron chi connectivity index (χ1n) is 5.35. The van der Waals surface area contributed by atoms with Crippen LogP contribution in [0.1, 0.15) is 13.3 Å². The van der Waals surface area contributed by atoms with Crippen LogP contribution in [0.4, 0.5) is 0 Å². The van der Waals surface area contributed by atoms with E-state index in [0.717, 1.165) is 0 Å². The van der Waals surface area contributed by atoms with Gasteiger partial charge < -0.3 is 25.4 Å². The summed E-state index contributed by atoms with van der Waals surface area (Å²) in [7, 11) is 0. The van der Waals surface area contributed by atoms with Crippen molar-refractivity contribution >= 4 is 5.91 Å². The van der Waals surface area contributed by atoms with Gasteiger partial charge in [0.2, 0.25) is 5.91 Å². The molecule has 94 valence electrons. The number of carbonyl (C=O) groups excluding carboxylic acids is 1. The van der Waals surface area contributed by atoms with Gasteiger partial charge in [-0.1, -0.05) is 0 Å². The summed E-state index contributed by atoms with van der Waals surface area (Å²) in [6.07, 6.45) is 0.444. The van der Waals surface area contributed by atoms with E-state index < -0.39 is 25.4 Å². The molecule has 1 rings (SSSR count). The zero-order valence-corrected chi connectivity index (χ0v) is 9.35. The molecule has 0 spiro atoms. The van der Waals surface area contributed by atoms with Crippen LogP contribution in [0.2, 0.25) is 0 Å². The van der Waals surface area contributed by atoms with Crippen molar-refractivity contribution < 1.29 is 24.9 Å². The predicted octanol–water partition coefficient (Wildman–Crippen LogP) is -1.76. The lowest BCUT2D eigenvalue weighted by molar-refractivity contribution is -0.130. The third kappa shape index (κ3) is 2.70. The van der Waals surface area contributed by atoms with Gasteiger partial charge in [-0.05, 0) is 13.3 Å². The number of amides is 1. The smallest absolute Gasteiger partial charge is 0.226 e. The molecule has 1 aliphatic rings. The molecule has 0 aromatic rings. The van der Waals surface area contributed by atoms with Crippen LogP contribution in [0.5, 0.6) is 0 Å². The van der Waals surface area contributed by atoms with Crippen LogP contribution in [-0.2, 0) is 9.53 Å². The van der Waals surface area contributed by atoms with E-state index in [1.54, 1.807) is 6.92 Å². The molecule has 0 aliphatic carbocycles. The molecule has 1 aliphatic heterocycles. The van der Waals surface area contributed by atoms with Crippen LogP contribution in [0, 0.1) is 5.92 Å². The van der Waals surface area contributed by atoms with Crippen molar-refractivity contribution in [2.45, 2.75) is 25.0 Å². The maximum absolute atomic E-state index is 11.8. The highest BCUT2D eigenvalue weighted by molar-refractivity contribution is 5.80. The maximum Gasteiger partial charge on any atom is 0.226 e. The molecule has 2 unspecified atom stereocenters. The van der Waals surface area contributed by atoms with E-state index in [-0.39, 0.29) is 17.9 Å². The SMILES string of the molecule is CC1OCCC1C(=O)NC(CO)(CO)CO. The summed E-state index contributed by atoms with van der Waals surface area (Å²) in [4.78, 5) is 11.8. The first kappa shape index (κ1) is 13.4. The van der Waals surface area contributed by atoms with Crippen LogP contribution >= 0.6 is 0 Å². The number of hydrogen-bond acceptors (Lipinski definition) is 5. The van der Waals surface area contributed by atoms with E-state index in [2.05, 4.69) is 5.32 Å². The highest BCUT2D eigenvalue weighted by Crippen LogP contribution is 2.21. The topological polar surface area (TPSA) is 99.0 Å². The summed E-state index contributed by atoms with van der Waals surface area (Å²) in [5.74, 6) is -0.592. The largest absolute Gasteiger partial charge is 0.394 e.